The van der Waals surface area contributed by atoms with Crippen molar-refractivity contribution < 1.29 is 19.4 Å². The molecule has 0 saturated carbocycles. The van der Waals surface area contributed by atoms with Gasteiger partial charge in [0.25, 0.3) is 0 Å². The third-order valence-electron chi connectivity index (χ3n) is 4.50. The average molecular weight is 614 g/mol. The van der Waals surface area contributed by atoms with Gasteiger partial charge in [-0.1, -0.05) is 66.4 Å². The molecule has 0 unspecified atom stereocenters. The number of benzene rings is 2. The second-order valence-corrected chi connectivity index (χ2v) is 10.1. The number of hydrogen-bond acceptors (Lipinski definition) is 5. The van der Waals surface area contributed by atoms with Crippen LogP contribution in [0.4, 0.5) is 9.80 Å². The number of carbonyl (C=O) groups excluding carboxylic acids is 1. The van der Waals surface area contributed by atoms with Gasteiger partial charge in [-0.05, 0) is 73.6 Å². The second-order valence-electron chi connectivity index (χ2n) is 8.04. The first kappa shape index (κ1) is 29.9. The molecule has 4 rings (SSSR count). The molecular formula is C26H32INO4S2. The van der Waals surface area contributed by atoms with Crippen molar-refractivity contribution >= 4 is 82.5 Å². The number of ether oxygens (including phenoxy) is 1. The van der Waals surface area contributed by atoms with E-state index >= 15 is 0 Å². The van der Waals surface area contributed by atoms with Gasteiger partial charge in [0, 0.05) is 9.40 Å². The third kappa shape index (κ3) is 7.68. The van der Waals surface area contributed by atoms with E-state index in [1.54, 1.807) is 11.3 Å². The molecule has 0 spiro atoms. The number of hydrogen-bond donors (Lipinski definition) is 2. The maximum Gasteiger partial charge on any atom is 0.412 e. The maximum absolute atomic E-state index is 11.7. The zero-order valence-corrected chi connectivity index (χ0v) is 23.3. The van der Waals surface area contributed by atoms with Crippen molar-refractivity contribution in [1.82, 2.24) is 0 Å². The largest absolute Gasteiger partial charge is 0.477 e. The van der Waals surface area contributed by atoms with Crippen LogP contribution >= 0.6 is 45.3 Å². The van der Waals surface area contributed by atoms with Crippen molar-refractivity contribution in [3.63, 3.8) is 0 Å². The molecule has 2 N–H and O–H groups in total. The summed E-state index contributed by atoms with van der Waals surface area (Å²) in [6, 6.07) is 15.8. The Labute approximate surface area is 223 Å². The smallest absolute Gasteiger partial charge is 0.412 e. The van der Waals surface area contributed by atoms with Gasteiger partial charge in [-0.15, -0.1) is 22.7 Å². The summed E-state index contributed by atoms with van der Waals surface area (Å²) in [7, 11) is 0. The van der Waals surface area contributed by atoms with Gasteiger partial charge in [0.05, 0.1) is 0 Å². The van der Waals surface area contributed by atoms with E-state index in [0.717, 1.165) is 26.2 Å². The van der Waals surface area contributed by atoms with Crippen LogP contribution in [-0.2, 0) is 4.74 Å². The van der Waals surface area contributed by atoms with Crippen molar-refractivity contribution in [2.24, 2.45) is 0 Å². The number of rotatable bonds is 2. The van der Waals surface area contributed by atoms with Crippen LogP contribution in [0.3, 0.4) is 0 Å². The van der Waals surface area contributed by atoms with E-state index in [0.29, 0.717) is 4.88 Å². The van der Waals surface area contributed by atoms with Gasteiger partial charge in [0.15, 0.2) is 0 Å². The summed E-state index contributed by atoms with van der Waals surface area (Å²) in [5, 5.41) is 14.8. The average Bonchev–Trinajstić information content (AvgIpc) is 3.26. The van der Waals surface area contributed by atoms with Gasteiger partial charge < -0.3 is 9.84 Å². The number of carboxylic acids is 1. The lowest BCUT2D eigenvalue weighted by molar-refractivity contribution is 0.0634. The molecule has 2 aromatic heterocycles. The van der Waals surface area contributed by atoms with Crippen LogP contribution in [0.1, 0.15) is 49.0 Å². The number of carboxylic acid groups (broad SMARTS) is 1. The van der Waals surface area contributed by atoms with Gasteiger partial charge in [0.1, 0.15) is 15.5 Å². The highest BCUT2D eigenvalue weighted by Gasteiger charge is 2.18. The highest BCUT2D eigenvalue weighted by atomic mass is 127. The Kier molecular flexibility index (Phi) is 11.5. The third-order valence-corrected chi connectivity index (χ3v) is 6.95. The molecule has 2 heterocycles. The fourth-order valence-electron chi connectivity index (χ4n) is 3.07. The minimum Gasteiger partial charge on any atom is -0.477 e. The van der Waals surface area contributed by atoms with E-state index in [1.807, 2.05) is 82.0 Å². The number of nitrogens with one attached hydrogen (secondary N) is 1. The van der Waals surface area contributed by atoms with Gasteiger partial charge in [-0.2, -0.15) is 0 Å². The Hall–Kier alpha value is -2.17. The standard InChI is InChI=1S/C14H17NO2S.C10H8O2S.CH3I.CH4/c1-9-10-7-5-6-8-11(10)18-12(9)15-13(16)17-14(2,3)4;1-6-7-4-2-3-5-8(7)13-9(6)10(11)12;1-2;/h5-8H,1-4H3,(H,15,16);2-5H,1H3,(H,11,12);1H3;1H4. The molecule has 5 nitrogen and oxygen atoms in total. The summed E-state index contributed by atoms with van der Waals surface area (Å²) in [6.45, 7) is 9.41. The van der Waals surface area contributed by atoms with Crippen LogP contribution in [0, 0.1) is 13.8 Å². The number of aromatic carboxylic acids is 1. The molecule has 0 aliphatic rings. The van der Waals surface area contributed by atoms with Crippen molar-refractivity contribution in [3.8, 4) is 0 Å². The molecule has 0 aliphatic heterocycles. The van der Waals surface area contributed by atoms with E-state index in [9.17, 15) is 9.59 Å². The Bertz CT molecular complexity index is 1250. The number of halogens is 1. The monoisotopic (exact) mass is 613 g/mol. The Morgan fingerprint density at radius 1 is 0.882 bits per heavy atom. The summed E-state index contributed by atoms with van der Waals surface area (Å²) in [5.74, 6) is -0.835. The normalized spacial score (nSPS) is 10.3. The summed E-state index contributed by atoms with van der Waals surface area (Å²) in [4.78, 5) is 24.9. The maximum atomic E-state index is 11.7. The molecule has 0 fully saturated rings. The topological polar surface area (TPSA) is 75.6 Å². The molecule has 0 radical (unpaired) electrons. The zero-order valence-electron chi connectivity index (χ0n) is 19.5. The van der Waals surface area contributed by atoms with Crippen molar-refractivity contribution in [3.05, 3.63) is 64.5 Å². The Morgan fingerprint density at radius 2 is 1.35 bits per heavy atom. The van der Waals surface area contributed by atoms with Crippen LogP contribution in [0.2, 0.25) is 0 Å². The summed E-state index contributed by atoms with van der Waals surface area (Å²) >= 11 is 5.05. The zero-order chi connectivity index (χ0) is 24.8. The second kappa shape index (κ2) is 13.1. The van der Waals surface area contributed by atoms with E-state index < -0.39 is 17.7 Å². The first-order chi connectivity index (χ1) is 15.6. The number of thiophene rings is 2. The molecule has 0 bridgehead atoms. The van der Waals surface area contributed by atoms with E-state index in [1.165, 1.54) is 21.4 Å². The predicted octanol–water partition coefficient (Wildman–Crippen LogP) is 9.15. The summed E-state index contributed by atoms with van der Waals surface area (Å²) in [5.41, 5.74) is 1.48. The first-order valence-corrected chi connectivity index (χ1v) is 13.9. The number of amides is 1. The minimum absolute atomic E-state index is 0. The molecule has 1 amide bonds. The van der Waals surface area contributed by atoms with Crippen LogP contribution in [0.5, 0.6) is 0 Å². The summed E-state index contributed by atoms with van der Waals surface area (Å²) in [6.07, 6.45) is -0.405. The highest BCUT2D eigenvalue weighted by molar-refractivity contribution is 14.1. The first-order valence-electron chi connectivity index (χ1n) is 10.1. The number of anilines is 1. The highest BCUT2D eigenvalue weighted by Crippen LogP contribution is 2.35. The fraction of sp³-hybridized carbons (Fsp3) is 0.308. The van der Waals surface area contributed by atoms with Crippen molar-refractivity contribution in [2.45, 2.75) is 47.6 Å². The molecule has 0 atom stereocenters. The van der Waals surface area contributed by atoms with Crippen LogP contribution in [0.15, 0.2) is 48.5 Å². The lowest BCUT2D eigenvalue weighted by Gasteiger charge is -2.19. The van der Waals surface area contributed by atoms with E-state index in [2.05, 4.69) is 34.0 Å². The van der Waals surface area contributed by atoms with Crippen molar-refractivity contribution in [1.29, 1.82) is 0 Å². The Morgan fingerprint density at radius 3 is 1.79 bits per heavy atom. The number of fused-ring (bicyclic) bond motifs is 2. The molecule has 2 aromatic carbocycles. The molecule has 184 valence electrons. The predicted molar refractivity (Wildman–Crippen MR) is 157 cm³/mol. The van der Waals surface area contributed by atoms with E-state index in [4.69, 9.17) is 9.84 Å². The number of carbonyl (C=O) groups is 2. The van der Waals surface area contributed by atoms with Gasteiger partial charge in [-0.25, -0.2) is 9.59 Å². The van der Waals surface area contributed by atoms with Gasteiger partial charge >= 0.3 is 12.1 Å². The Balaban J connectivity index is 0.000000321. The number of aryl methyl sites for hydroxylation is 2. The van der Waals surface area contributed by atoms with Crippen molar-refractivity contribution in [2.75, 3.05) is 10.2 Å². The number of alkyl halides is 1. The molecular weight excluding hydrogens is 581 g/mol. The lowest BCUT2D eigenvalue weighted by atomic mass is 10.1. The van der Waals surface area contributed by atoms with Crippen LogP contribution < -0.4 is 5.32 Å². The molecule has 34 heavy (non-hydrogen) atoms. The van der Waals surface area contributed by atoms with Gasteiger partial charge in [0.2, 0.25) is 0 Å². The lowest BCUT2D eigenvalue weighted by Crippen LogP contribution is -2.27. The van der Waals surface area contributed by atoms with Crippen LogP contribution in [0.25, 0.3) is 20.2 Å². The molecule has 0 aliphatic carbocycles. The fourth-order valence-corrected chi connectivity index (χ4v) is 5.21. The van der Waals surface area contributed by atoms with Gasteiger partial charge in [-0.3, -0.25) is 5.32 Å². The molecule has 8 heteroatoms. The van der Waals surface area contributed by atoms with Crippen LogP contribution in [-0.4, -0.2) is 27.7 Å². The molecule has 0 saturated heterocycles. The van der Waals surface area contributed by atoms with E-state index in [-0.39, 0.29) is 7.43 Å². The quantitative estimate of drug-likeness (QED) is 0.175. The summed E-state index contributed by atoms with van der Waals surface area (Å²) < 4.78 is 7.46. The molecule has 4 aromatic rings. The minimum atomic E-state index is -0.835. The SMILES string of the molecule is C.CI.Cc1c(C(=O)O)sc2ccccc12.Cc1c(NC(=O)OC(C)(C)C)sc2ccccc12.